The molecule has 9 nitrogen and oxygen atoms in total. The molecule has 3 heterocycles. The number of morpholine rings is 1. The van der Waals surface area contributed by atoms with Crippen molar-refractivity contribution in [2.24, 2.45) is 0 Å². The van der Waals surface area contributed by atoms with E-state index in [9.17, 15) is 0 Å². The van der Waals surface area contributed by atoms with Gasteiger partial charge in [-0.3, -0.25) is 4.90 Å². The van der Waals surface area contributed by atoms with E-state index in [1.807, 2.05) is 11.9 Å². The Bertz CT molecular complexity index is 1350. The molecule has 2 aliphatic heterocycles. The van der Waals surface area contributed by atoms with Gasteiger partial charge in [0.2, 0.25) is 0 Å². The molecule has 0 radical (unpaired) electrons. The Morgan fingerprint density at radius 2 is 1.85 bits per heavy atom. The van der Waals surface area contributed by atoms with Crippen molar-refractivity contribution < 1.29 is 14.2 Å². The van der Waals surface area contributed by atoms with Crippen LogP contribution in [0.15, 0.2) is 48.7 Å². The molecule has 3 atom stereocenters. The molecule has 9 heteroatoms. The molecule has 2 unspecified atom stereocenters. The van der Waals surface area contributed by atoms with Gasteiger partial charge >= 0.3 is 0 Å². The maximum atomic E-state index is 5.77. The number of rotatable bonds is 7. The predicted octanol–water partition coefficient (Wildman–Crippen LogP) is 4.67. The van der Waals surface area contributed by atoms with Crippen LogP contribution in [0.25, 0.3) is 16.5 Å². The largest absolute Gasteiger partial charge is 0.376 e. The molecule has 214 valence electrons. The molecule has 2 aromatic carbocycles. The van der Waals surface area contributed by atoms with Crippen molar-refractivity contribution in [2.75, 3.05) is 46.3 Å². The number of fused-ring (bicyclic) bond motifs is 1. The highest BCUT2D eigenvalue weighted by Gasteiger charge is 2.28. The van der Waals surface area contributed by atoms with Gasteiger partial charge in [0, 0.05) is 57.2 Å². The van der Waals surface area contributed by atoms with Crippen molar-refractivity contribution in [3.8, 4) is 0 Å². The molecule has 40 heavy (non-hydrogen) atoms. The molecule has 5 rings (SSSR count). The molecule has 1 saturated heterocycles. The third-order valence-electron chi connectivity index (χ3n) is 7.53. The minimum atomic E-state index is -0.311. The van der Waals surface area contributed by atoms with E-state index in [1.165, 1.54) is 5.56 Å². The zero-order valence-corrected chi connectivity index (χ0v) is 24.7. The van der Waals surface area contributed by atoms with Gasteiger partial charge in [0.05, 0.1) is 24.8 Å². The Labute approximate surface area is 237 Å². The molecule has 3 aromatic rings. The summed E-state index contributed by atoms with van der Waals surface area (Å²) in [6.45, 7) is 11.9. The maximum absolute atomic E-state index is 5.77. The summed E-state index contributed by atoms with van der Waals surface area (Å²) >= 11 is 0. The molecule has 1 fully saturated rings. The summed E-state index contributed by atoms with van der Waals surface area (Å²) in [4.78, 5) is 14.4. The highest BCUT2D eigenvalue weighted by atomic mass is 16.5. The van der Waals surface area contributed by atoms with Crippen LogP contribution in [0.1, 0.15) is 44.6 Å². The van der Waals surface area contributed by atoms with E-state index in [0.717, 1.165) is 59.1 Å². The maximum Gasteiger partial charge on any atom is 0.187 e. The highest BCUT2D eigenvalue weighted by Crippen LogP contribution is 2.31. The monoisotopic (exact) mass is 546 g/mol. The van der Waals surface area contributed by atoms with Crippen LogP contribution in [-0.4, -0.2) is 79.4 Å². The van der Waals surface area contributed by atoms with E-state index in [0.29, 0.717) is 6.54 Å². The van der Waals surface area contributed by atoms with Gasteiger partial charge in [0.15, 0.2) is 6.35 Å². The summed E-state index contributed by atoms with van der Waals surface area (Å²) in [7, 11) is 5.35. The zero-order chi connectivity index (χ0) is 28.4. The predicted molar refractivity (Wildman–Crippen MR) is 159 cm³/mol. The number of aromatic nitrogens is 2. The number of nitrogens with one attached hydrogen (secondary N) is 2. The number of hydrogen-bond acceptors (Lipinski definition) is 9. The van der Waals surface area contributed by atoms with Gasteiger partial charge in [-0.15, -0.1) is 0 Å². The first-order valence-electron chi connectivity index (χ1n) is 13.9. The lowest BCUT2D eigenvalue weighted by Gasteiger charge is -2.36. The molecule has 0 spiro atoms. The smallest absolute Gasteiger partial charge is 0.187 e. The van der Waals surface area contributed by atoms with Crippen LogP contribution in [-0.2, 0) is 26.2 Å². The van der Waals surface area contributed by atoms with Crippen LogP contribution in [0, 0.1) is 0 Å². The van der Waals surface area contributed by atoms with E-state index in [4.69, 9.17) is 24.2 Å². The first-order valence-corrected chi connectivity index (χ1v) is 13.9. The fraction of sp³-hybridized carbons (Fsp3) is 0.484. The molecule has 1 aromatic heterocycles. The van der Waals surface area contributed by atoms with Crippen molar-refractivity contribution >= 4 is 28.0 Å². The minimum Gasteiger partial charge on any atom is -0.376 e. The summed E-state index contributed by atoms with van der Waals surface area (Å²) in [5.41, 5.74) is 5.30. The van der Waals surface area contributed by atoms with Gasteiger partial charge < -0.3 is 24.4 Å². The van der Waals surface area contributed by atoms with Crippen LogP contribution in [0.5, 0.6) is 0 Å². The van der Waals surface area contributed by atoms with Gasteiger partial charge in [0.1, 0.15) is 17.9 Å². The number of benzene rings is 2. The van der Waals surface area contributed by atoms with Crippen molar-refractivity contribution in [3.63, 3.8) is 0 Å². The molecule has 0 aliphatic carbocycles. The number of ether oxygens (including phenoxy) is 3. The second-order valence-corrected chi connectivity index (χ2v) is 11.7. The average Bonchev–Trinajstić information content (AvgIpc) is 2.92. The van der Waals surface area contributed by atoms with Crippen molar-refractivity contribution in [1.82, 2.24) is 25.1 Å². The van der Waals surface area contributed by atoms with E-state index in [1.54, 1.807) is 14.2 Å². The van der Waals surface area contributed by atoms with Crippen molar-refractivity contribution in [2.45, 2.75) is 58.3 Å². The van der Waals surface area contributed by atoms with Gasteiger partial charge in [-0.1, -0.05) is 39.0 Å². The zero-order valence-electron chi connectivity index (χ0n) is 24.7. The molecular weight excluding hydrogens is 504 g/mol. The lowest BCUT2D eigenvalue weighted by molar-refractivity contribution is -0.0613. The third-order valence-corrected chi connectivity index (χ3v) is 7.53. The van der Waals surface area contributed by atoms with Crippen LogP contribution in [0.2, 0.25) is 0 Å². The number of nitrogens with zero attached hydrogens (tertiary/aromatic N) is 4. The van der Waals surface area contributed by atoms with E-state index < -0.39 is 0 Å². The Balaban J connectivity index is 1.53. The van der Waals surface area contributed by atoms with Gasteiger partial charge in [-0.25, -0.2) is 15.3 Å². The Kier molecular flexibility index (Phi) is 8.39. The third kappa shape index (κ3) is 6.29. The summed E-state index contributed by atoms with van der Waals surface area (Å²) < 4.78 is 17.1. The Hall–Kier alpha value is -3.08. The van der Waals surface area contributed by atoms with Gasteiger partial charge in [-0.05, 0) is 47.7 Å². The van der Waals surface area contributed by atoms with Gasteiger partial charge in [-0.2, -0.15) is 0 Å². The number of methoxy groups -OCH3 is 2. The molecule has 2 N–H and O–H groups in total. The Morgan fingerprint density at radius 1 is 1.07 bits per heavy atom. The van der Waals surface area contributed by atoms with Crippen molar-refractivity contribution in [1.29, 1.82) is 0 Å². The second-order valence-electron chi connectivity index (χ2n) is 11.7. The summed E-state index contributed by atoms with van der Waals surface area (Å²) in [5.74, 6) is 1.58. The second kappa shape index (κ2) is 11.8. The molecule has 2 aliphatic rings. The van der Waals surface area contributed by atoms with Crippen LogP contribution < -0.4 is 10.6 Å². The SMILES string of the molecule is COC1NC(OC)N(C)C=C1c1ccc2c(Nc3ccc(C(C)(C)C)cc3)nc(CN3CCO[C@@H](C)C3)nc2c1. The first-order chi connectivity index (χ1) is 19.1. The molecular formula is C31H42N6O3. The van der Waals surface area contributed by atoms with E-state index >= 15 is 0 Å². The quantitative estimate of drug-likeness (QED) is 0.439. The number of anilines is 2. The normalized spacial score (nSPS) is 22.4. The Morgan fingerprint density at radius 3 is 2.52 bits per heavy atom. The summed E-state index contributed by atoms with van der Waals surface area (Å²) in [6, 6.07) is 14.9. The molecule has 0 amide bonds. The van der Waals surface area contributed by atoms with Crippen LogP contribution in [0.4, 0.5) is 11.5 Å². The highest BCUT2D eigenvalue weighted by molar-refractivity contribution is 5.93. The minimum absolute atomic E-state index is 0.0963. The van der Waals surface area contributed by atoms with Crippen LogP contribution >= 0.6 is 0 Å². The number of hydrogen-bond donors (Lipinski definition) is 2. The first kappa shape index (κ1) is 28.4. The van der Waals surface area contributed by atoms with Crippen molar-refractivity contribution in [3.05, 3.63) is 65.6 Å². The lowest BCUT2D eigenvalue weighted by atomic mass is 9.87. The average molecular weight is 547 g/mol. The summed E-state index contributed by atoms with van der Waals surface area (Å²) in [6.07, 6.45) is 1.69. The molecule has 0 saturated carbocycles. The van der Waals surface area contributed by atoms with E-state index in [-0.39, 0.29) is 24.1 Å². The lowest BCUT2D eigenvalue weighted by Crippen LogP contribution is -2.52. The topological polar surface area (TPSA) is 84.0 Å². The van der Waals surface area contributed by atoms with E-state index in [2.05, 4.69) is 91.9 Å². The standard InChI is InChI=1S/C31H42N6O3/c1-20-17-37(14-15-40-20)19-27-33-26-16-21(25-18-36(5)30(39-7)35-29(25)38-6)8-13-24(26)28(34-27)32-23-11-9-22(10-12-23)31(2,3)4/h8-13,16,18,20,29-30,35H,14-15,17,19H2,1-7H3,(H,32,33,34)/t20-,29?,30?/m0/s1. The fourth-order valence-electron chi connectivity index (χ4n) is 5.29. The molecule has 0 bridgehead atoms. The van der Waals surface area contributed by atoms with Crippen LogP contribution in [0.3, 0.4) is 0 Å². The van der Waals surface area contributed by atoms with Gasteiger partial charge in [0.25, 0.3) is 0 Å². The summed E-state index contributed by atoms with van der Waals surface area (Å²) in [5, 5.41) is 7.92. The fourth-order valence-corrected chi connectivity index (χ4v) is 5.29.